The maximum Gasteiger partial charge on any atom is 0.123 e. The fourth-order valence-corrected chi connectivity index (χ4v) is 1.38. The first-order chi connectivity index (χ1) is 6.65. The second-order valence-corrected chi connectivity index (χ2v) is 3.56. The van der Waals surface area contributed by atoms with E-state index in [-0.39, 0.29) is 0 Å². The number of rotatable bonds is 4. The summed E-state index contributed by atoms with van der Waals surface area (Å²) in [5.74, 6) is 0.525. The number of aliphatic hydroxyl groups is 2. The molecule has 0 bridgehead atoms. The van der Waals surface area contributed by atoms with Crippen molar-refractivity contribution >= 4 is 12.6 Å². The van der Waals surface area contributed by atoms with Crippen molar-refractivity contribution in [2.75, 3.05) is 5.75 Å². The topological polar surface area (TPSA) is 66.2 Å². The summed E-state index contributed by atoms with van der Waals surface area (Å²) >= 11 is 3.98. The van der Waals surface area contributed by atoms with Crippen LogP contribution >= 0.6 is 12.6 Å². The molecule has 2 atom stereocenters. The molecule has 0 aliphatic carbocycles. The van der Waals surface area contributed by atoms with E-state index in [1.807, 2.05) is 0 Å². The number of aryl methyl sites for hydroxylation is 1. The molecule has 1 rings (SSSR count). The van der Waals surface area contributed by atoms with E-state index < -0.39 is 12.2 Å². The Bertz CT molecular complexity index is 296. The third kappa shape index (κ3) is 2.94. The highest BCUT2D eigenvalue weighted by atomic mass is 32.1. The molecule has 0 spiro atoms. The maximum absolute atomic E-state index is 9.66. The summed E-state index contributed by atoms with van der Waals surface area (Å²) in [4.78, 5) is 7.97. The standard InChI is InChI=1S/C9H14N2O2S/c1-6-4-10-5-7(11-6)9(13)8(12)2-3-14/h4-5,8-9,12-14H,2-3H2,1H3. The van der Waals surface area contributed by atoms with Crippen LogP contribution in [0.5, 0.6) is 0 Å². The van der Waals surface area contributed by atoms with Crippen molar-refractivity contribution in [3.05, 3.63) is 23.8 Å². The van der Waals surface area contributed by atoms with Gasteiger partial charge in [0, 0.05) is 6.20 Å². The first-order valence-electron chi connectivity index (χ1n) is 4.40. The monoisotopic (exact) mass is 214 g/mol. The van der Waals surface area contributed by atoms with E-state index in [1.165, 1.54) is 6.20 Å². The van der Waals surface area contributed by atoms with Gasteiger partial charge in [-0.05, 0) is 19.1 Å². The molecular weight excluding hydrogens is 200 g/mol. The number of aromatic nitrogens is 2. The predicted molar refractivity (Wildman–Crippen MR) is 56.2 cm³/mol. The summed E-state index contributed by atoms with van der Waals surface area (Å²) < 4.78 is 0. The Hall–Kier alpha value is -0.650. The van der Waals surface area contributed by atoms with Gasteiger partial charge in [-0.25, -0.2) is 0 Å². The first kappa shape index (κ1) is 11.4. The SMILES string of the molecule is Cc1cncc(C(O)C(O)CCS)n1. The van der Waals surface area contributed by atoms with E-state index in [2.05, 4.69) is 22.6 Å². The van der Waals surface area contributed by atoms with Gasteiger partial charge in [0.1, 0.15) is 6.10 Å². The van der Waals surface area contributed by atoms with Crippen LogP contribution in [0.2, 0.25) is 0 Å². The molecule has 4 nitrogen and oxygen atoms in total. The van der Waals surface area contributed by atoms with Gasteiger partial charge < -0.3 is 10.2 Å². The zero-order valence-corrected chi connectivity index (χ0v) is 8.85. The zero-order valence-electron chi connectivity index (χ0n) is 7.96. The summed E-state index contributed by atoms with van der Waals surface area (Å²) in [6, 6.07) is 0. The number of thiol groups is 1. The van der Waals surface area contributed by atoms with Crippen LogP contribution in [0, 0.1) is 6.92 Å². The lowest BCUT2D eigenvalue weighted by Crippen LogP contribution is -2.20. The predicted octanol–water partition coefficient (Wildman–Crippen LogP) is 0.499. The molecule has 1 heterocycles. The fraction of sp³-hybridized carbons (Fsp3) is 0.556. The Morgan fingerprint density at radius 2 is 2.14 bits per heavy atom. The molecule has 0 amide bonds. The lowest BCUT2D eigenvalue weighted by molar-refractivity contribution is 0.0144. The average molecular weight is 214 g/mol. The number of aliphatic hydroxyl groups excluding tert-OH is 2. The molecule has 1 aromatic heterocycles. The molecule has 0 fully saturated rings. The summed E-state index contributed by atoms with van der Waals surface area (Å²) in [6.45, 7) is 1.79. The number of hydrogen-bond acceptors (Lipinski definition) is 5. The van der Waals surface area contributed by atoms with Crippen molar-refractivity contribution in [2.24, 2.45) is 0 Å². The highest BCUT2D eigenvalue weighted by molar-refractivity contribution is 7.80. The average Bonchev–Trinajstić information content (AvgIpc) is 2.17. The van der Waals surface area contributed by atoms with Gasteiger partial charge in [-0.3, -0.25) is 9.97 Å². The highest BCUT2D eigenvalue weighted by Gasteiger charge is 2.18. The molecule has 2 unspecified atom stereocenters. The van der Waals surface area contributed by atoms with Gasteiger partial charge in [0.25, 0.3) is 0 Å². The largest absolute Gasteiger partial charge is 0.390 e. The normalized spacial score (nSPS) is 15.1. The molecule has 0 radical (unpaired) electrons. The van der Waals surface area contributed by atoms with Crippen molar-refractivity contribution in [3.63, 3.8) is 0 Å². The van der Waals surface area contributed by atoms with Gasteiger partial charge in [0.2, 0.25) is 0 Å². The van der Waals surface area contributed by atoms with Crippen LogP contribution in [0.4, 0.5) is 0 Å². The van der Waals surface area contributed by atoms with Crippen LogP contribution < -0.4 is 0 Å². The summed E-state index contributed by atoms with van der Waals surface area (Å²) in [7, 11) is 0. The van der Waals surface area contributed by atoms with Crippen molar-refractivity contribution < 1.29 is 10.2 Å². The molecule has 5 heteroatoms. The van der Waals surface area contributed by atoms with Crippen molar-refractivity contribution in [2.45, 2.75) is 25.6 Å². The van der Waals surface area contributed by atoms with Crippen molar-refractivity contribution in [1.82, 2.24) is 9.97 Å². The van der Waals surface area contributed by atoms with Crippen LogP contribution in [-0.2, 0) is 0 Å². The van der Waals surface area contributed by atoms with Crippen molar-refractivity contribution in [1.29, 1.82) is 0 Å². The van der Waals surface area contributed by atoms with Gasteiger partial charge >= 0.3 is 0 Å². The molecule has 14 heavy (non-hydrogen) atoms. The Labute approximate surface area is 88.4 Å². The van der Waals surface area contributed by atoms with Gasteiger partial charge in [0.15, 0.2) is 0 Å². The molecule has 0 saturated carbocycles. The highest BCUT2D eigenvalue weighted by Crippen LogP contribution is 2.16. The number of nitrogens with zero attached hydrogens (tertiary/aromatic N) is 2. The van der Waals surface area contributed by atoms with E-state index in [9.17, 15) is 10.2 Å². The molecule has 1 aromatic rings. The summed E-state index contributed by atoms with van der Waals surface area (Å²) in [5.41, 5.74) is 1.12. The van der Waals surface area contributed by atoms with E-state index in [0.29, 0.717) is 17.9 Å². The third-order valence-electron chi connectivity index (χ3n) is 1.87. The molecular formula is C9H14N2O2S. The Balaban J connectivity index is 2.73. The van der Waals surface area contributed by atoms with Gasteiger partial charge in [-0.2, -0.15) is 12.6 Å². The molecule has 2 N–H and O–H groups in total. The third-order valence-corrected chi connectivity index (χ3v) is 2.12. The lowest BCUT2D eigenvalue weighted by Gasteiger charge is -2.16. The van der Waals surface area contributed by atoms with E-state index in [4.69, 9.17) is 0 Å². The Morgan fingerprint density at radius 3 is 2.71 bits per heavy atom. The van der Waals surface area contributed by atoms with Crippen molar-refractivity contribution in [3.8, 4) is 0 Å². The molecule has 78 valence electrons. The van der Waals surface area contributed by atoms with Gasteiger partial charge in [0.05, 0.1) is 23.7 Å². The minimum absolute atomic E-state index is 0.402. The molecule has 0 aliphatic rings. The fourth-order valence-electron chi connectivity index (χ4n) is 1.11. The smallest absolute Gasteiger partial charge is 0.123 e. The first-order valence-corrected chi connectivity index (χ1v) is 5.04. The second-order valence-electron chi connectivity index (χ2n) is 3.11. The summed E-state index contributed by atoms with van der Waals surface area (Å²) in [6.07, 6.45) is 1.68. The molecule has 0 aromatic carbocycles. The lowest BCUT2D eigenvalue weighted by atomic mass is 10.1. The Morgan fingerprint density at radius 1 is 1.43 bits per heavy atom. The minimum atomic E-state index is -0.977. The minimum Gasteiger partial charge on any atom is -0.390 e. The van der Waals surface area contributed by atoms with Crippen LogP contribution in [-0.4, -0.2) is 32.0 Å². The van der Waals surface area contributed by atoms with E-state index in [1.54, 1.807) is 13.1 Å². The maximum atomic E-state index is 9.66. The van der Waals surface area contributed by atoms with Gasteiger partial charge in [-0.15, -0.1) is 0 Å². The van der Waals surface area contributed by atoms with Crippen LogP contribution in [0.1, 0.15) is 23.9 Å². The Kier molecular flexibility index (Phi) is 4.31. The molecule has 0 saturated heterocycles. The second kappa shape index (κ2) is 5.29. The van der Waals surface area contributed by atoms with E-state index >= 15 is 0 Å². The number of hydrogen-bond donors (Lipinski definition) is 3. The molecule has 0 aliphatic heterocycles. The van der Waals surface area contributed by atoms with E-state index in [0.717, 1.165) is 5.69 Å². The van der Waals surface area contributed by atoms with Crippen LogP contribution in [0.3, 0.4) is 0 Å². The van der Waals surface area contributed by atoms with Crippen LogP contribution in [0.15, 0.2) is 12.4 Å². The summed E-state index contributed by atoms with van der Waals surface area (Å²) in [5, 5.41) is 19.2. The zero-order chi connectivity index (χ0) is 10.6. The quantitative estimate of drug-likeness (QED) is 0.639. The van der Waals surface area contributed by atoms with Crippen LogP contribution in [0.25, 0.3) is 0 Å². The van der Waals surface area contributed by atoms with Gasteiger partial charge in [-0.1, -0.05) is 0 Å².